The second-order valence-electron chi connectivity index (χ2n) is 8.26. The van der Waals surface area contributed by atoms with Gasteiger partial charge in [0.1, 0.15) is 11.4 Å². The number of carbonyl (C=O) groups is 1. The summed E-state index contributed by atoms with van der Waals surface area (Å²) in [7, 11) is 1.67. The lowest BCUT2D eigenvalue weighted by Crippen LogP contribution is -2.13. The van der Waals surface area contributed by atoms with Gasteiger partial charge in [-0.2, -0.15) is 0 Å². The van der Waals surface area contributed by atoms with E-state index in [0.29, 0.717) is 5.56 Å². The molecule has 5 nitrogen and oxygen atoms in total. The van der Waals surface area contributed by atoms with Crippen molar-refractivity contribution in [3.05, 3.63) is 107 Å². The summed E-state index contributed by atoms with van der Waals surface area (Å²) in [5.74, 6) is 0.452. The number of nitrogens with two attached hydrogens (primary N) is 1. The SMILES string of the molecule is COc1ccc(C=Cc2ccnc3[nH]c4ccc(CCc5ccccc5C(N)=O)cc4c23)cc1. The molecule has 1 amide bonds. The third-order valence-corrected chi connectivity index (χ3v) is 6.13. The van der Waals surface area contributed by atoms with Gasteiger partial charge in [-0.15, -0.1) is 0 Å². The zero-order chi connectivity index (χ0) is 23.5. The van der Waals surface area contributed by atoms with Gasteiger partial charge in [0.25, 0.3) is 0 Å². The summed E-state index contributed by atoms with van der Waals surface area (Å²) >= 11 is 0. The van der Waals surface area contributed by atoms with Gasteiger partial charge in [0, 0.05) is 28.0 Å². The van der Waals surface area contributed by atoms with Crippen LogP contribution in [0.2, 0.25) is 0 Å². The summed E-state index contributed by atoms with van der Waals surface area (Å²) in [6, 6.07) is 24.0. The number of nitrogens with one attached hydrogen (secondary N) is 1. The Labute approximate surface area is 197 Å². The molecule has 2 aromatic heterocycles. The van der Waals surface area contributed by atoms with Crippen LogP contribution in [0, 0.1) is 0 Å². The molecule has 0 aliphatic heterocycles. The second kappa shape index (κ2) is 9.24. The van der Waals surface area contributed by atoms with Crippen LogP contribution in [-0.2, 0) is 12.8 Å². The molecule has 2 heterocycles. The van der Waals surface area contributed by atoms with Gasteiger partial charge in [-0.05, 0) is 71.5 Å². The zero-order valence-electron chi connectivity index (χ0n) is 18.9. The van der Waals surface area contributed by atoms with Gasteiger partial charge in [0.2, 0.25) is 5.91 Å². The number of aromatic nitrogens is 2. The molecule has 0 saturated carbocycles. The fourth-order valence-corrected chi connectivity index (χ4v) is 4.34. The minimum absolute atomic E-state index is 0.387. The Morgan fingerprint density at radius 1 is 1.00 bits per heavy atom. The van der Waals surface area contributed by atoms with Gasteiger partial charge >= 0.3 is 0 Å². The number of nitrogens with zero attached hydrogens (tertiary/aromatic N) is 1. The molecule has 5 heteroatoms. The Balaban J connectivity index is 1.47. The Morgan fingerprint density at radius 2 is 1.82 bits per heavy atom. The highest BCUT2D eigenvalue weighted by atomic mass is 16.5. The van der Waals surface area contributed by atoms with Gasteiger partial charge in [-0.1, -0.05) is 48.6 Å². The molecule has 34 heavy (non-hydrogen) atoms. The number of aryl methyl sites for hydroxylation is 2. The van der Waals surface area contributed by atoms with Crippen molar-refractivity contribution in [3.8, 4) is 5.75 Å². The van der Waals surface area contributed by atoms with Crippen molar-refractivity contribution < 1.29 is 9.53 Å². The maximum absolute atomic E-state index is 11.8. The molecule has 3 N–H and O–H groups in total. The van der Waals surface area contributed by atoms with Crippen molar-refractivity contribution >= 4 is 40.0 Å². The van der Waals surface area contributed by atoms with Gasteiger partial charge in [0.15, 0.2) is 0 Å². The van der Waals surface area contributed by atoms with Crippen LogP contribution in [-0.4, -0.2) is 23.0 Å². The molecular weight excluding hydrogens is 422 g/mol. The maximum atomic E-state index is 11.8. The van der Waals surface area contributed by atoms with Crippen LogP contribution in [0.4, 0.5) is 0 Å². The van der Waals surface area contributed by atoms with E-state index in [-0.39, 0.29) is 5.91 Å². The van der Waals surface area contributed by atoms with E-state index < -0.39 is 0 Å². The second-order valence-corrected chi connectivity index (χ2v) is 8.26. The van der Waals surface area contributed by atoms with E-state index in [1.165, 1.54) is 5.56 Å². The average molecular weight is 448 g/mol. The first-order valence-electron chi connectivity index (χ1n) is 11.2. The number of carbonyl (C=O) groups excluding carboxylic acids is 1. The van der Waals surface area contributed by atoms with Crippen LogP contribution in [0.1, 0.15) is 32.6 Å². The molecule has 168 valence electrons. The summed E-state index contributed by atoms with van der Waals surface area (Å²) in [4.78, 5) is 19.7. The molecule has 0 aliphatic rings. The van der Waals surface area contributed by atoms with Crippen LogP contribution >= 0.6 is 0 Å². The Hall–Kier alpha value is -4.38. The third kappa shape index (κ3) is 4.28. The van der Waals surface area contributed by atoms with Crippen LogP contribution in [0.3, 0.4) is 0 Å². The number of hydrogen-bond acceptors (Lipinski definition) is 3. The smallest absolute Gasteiger partial charge is 0.248 e. The number of amides is 1. The average Bonchev–Trinajstić information content (AvgIpc) is 3.25. The molecule has 5 rings (SSSR count). The molecule has 0 atom stereocenters. The topological polar surface area (TPSA) is 81.0 Å². The number of H-pyrrole nitrogens is 1. The number of ether oxygens (including phenoxy) is 1. The summed E-state index contributed by atoms with van der Waals surface area (Å²) in [5, 5.41) is 2.24. The largest absolute Gasteiger partial charge is 0.497 e. The highest BCUT2D eigenvalue weighted by Crippen LogP contribution is 2.30. The van der Waals surface area contributed by atoms with Crippen molar-refractivity contribution in [2.24, 2.45) is 5.73 Å². The zero-order valence-corrected chi connectivity index (χ0v) is 18.9. The lowest BCUT2D eigenvalue weighted by molar-refractivity contribution is 0.0999. The highest BCUT2D eigenvalue weighted by molar-refractivity contribution is 6.10. The van der Waals surface area contributed by atoms with Crippen molar-refractivity contribution in [2.45, 2.75) is 12.8 Å². The summed E-state index contributed by atoms with van der Waals surface area (Å²) < 4.78 is 5.25. The molecular formula is C29H25N3O2. The van der Waals surface area contributed by atoms with Gasteiger partial charge in [-0.3, -0.25) is 4.79 Å². The first-order chi connectivity index (χ1) is 16.6. The van der Waals surface area contributed by atoms with E-state index in [0.717, 1.165) is 57.2 Å². The first-order valence-corrected chi connectivity index (χ1v) is 11.2. The lowest BCUT2D eigenvalue weighted by Gasteiger charge is -2.07. The molecule has 3 aromatic carbocycles. The summed E-state index contributed by atoms with van der Waals surface area (Å²) in [6.45, 7) is 0. The maximum Gasteiger partial charge on any atom is 0.248 e. The van der Waals surface area contributed by atoms with Crippen molar-refractivity contribution in [1.29, 1.82) is 0 Å². The van der Waals surface area contributed by atoms with E-state index in [1.807, 2.05) is 54.7 Å². The van der Waals surface area contributed by atoms with Crippen LogP contribution in [0.5, 0.6) is 5.75 Å². The van der Waals surface area contributed by atoms with Gasteiger partial charge in [0.05, 0.1) is 7.11 Å². The molecule has 0 unspecified atom stereocenters. The number of aromatic amines is 1. The number of methoxy groups -OCH3 is 1. The van der Waals surface area contributed by atoms with E-state index in [1.54, 1.807) is 13.2 Å². The Kier molecular flexibility index (Phi) is 5.83. The molecule has 0 aliphatic carbocycles. The standard InChI is InChI=1S/C29H25N3O2/c1-34-23-13-8-19(9-14-23)6-12-22-16-17-31-29-27(22)25-18-20(10-15-26(25)32-29)7-11-21-4-2-3-5-24(21)28(30)33/h2-6,8-10,12-18H,7,11H2,1H3,(H2,30,33)(H,31,32). The fraction of sp³-hybridized carbons (Fsp3) is 0.103. The van der Waals surface area contributed by atoms with Gasteiger partial charge in [-0.25, -0.2) is 4.98 Å². The molecule has 0 fully saturated rings. The Bertz CT molecular complexity index is 1510. The quantitative estimate of drug-likeness (QED) is 0.332. The summed E-state index contributed by atoms with van der Waals surface area (Å²) in [5.41, 5.74) is 12.4. The monoisotopic (exact) mass is 447 g/mol. The van der Waals surface area contributed by atoms with Crippen molar-refractivity contribution in [2.75, 3.05) is 7.11 Å². The number of benzene rings is 3. The number of hydrogen-bond donors (Lipinski definition) is 2. The number of fused-ring (bicyclic) bond motifs is 3. The molecule has 0 radical (unpaired) electrons. The summed E-state index contributed by atoms with van der Waals surface area (Å²) in [6.07, 6.45) is 7.60. The number of rotatable bonds is 7. The highest BCUT2D eigenvalue weighted by Gasteiger charge is 2.11. The molecule has 0 saturated heterocycles. The predicted octanol–water partition coefficient (Wildman–Crippen LogP) is 5.78. The van der Waals surface area contributed by atoms with E-state index in [9.17, 15) is 4.79 Å². The van der Waals surface area contributed by atoms with E-state index >= 15 is 0 Å². The fourth-order valence-electron chi connectivity index (χ4n) is 4.34. The van der Waals surface area contributed by atoms with E-state index in [2.05, 4.69) is 40.3 Å². The third-order valence-electron chi connectivity index (χ3n) is 6.13. The molecule has 0 spiro atoms. The van der Waals surface area contributed by atoms with Crippen molar-refractivity contribution in [1.82, 2.24) is 9.97 Å². The number of primary amides is 1. The number of pyridine rings is 1. The molecule has 5 aromatic rings. The van der Waals surface area contributed by atoms with Crippen molar-refractivity contribution in [3.63, 3.8) is 0 Å². The first kappa shape index (κ1) is 21.5. The minimum atomic E-state index is -0.387. The van der Waals surface area contributed by atoms with Crippen LogP contribution < -0.4 is 10.5 Å². The lowest BCUT2D eigenvalue weighted by atomic mass is 9.98. The molecule has 0 bridgehead atoms. The Morgan fingerprint density at radius 3 is 2.62 bits per heavy atom. The van der Waals surface area contributed by atoms with Crippen LogP contribution in [0.15, 0.2) is 79.0 Å². The normalized spacial score (nSPS) is 11.4. The predicted molar refractivity (Wildman–Crippen MR) is 138 cm³/mol. The van der Waals surface area contributed by atoms with E-state index in [4.69, 9.17) is 10.5 Å². The van der Waals surface area contributed by atoms with Crippen LogP contribution in [0.25, 0.3) is 34.1 Å². The minimum Gasteiger partial charge on any atom is -0.497 e. The van der Waals surface area contributed by atoms with Gasteiger partial charge < -0.3 is 15.5 Å².